The second-order valence-electron chi connectivity index (χ2n) is 6.85. The first-order chi connectivity index (χ1) is 12.4. The SMILES string of the molecule is CCNC(=NCc1ncc(C(C)(C)C)o1)NCCS(=O)c1ccccc1.I. The zero-order chi connectivity index (χ0) is 19.0. The molecule has 0 spiro atoms. The quantitative estimate of drug-likeness (QED) is 0.343. The van der Waals surface area contributed by atoms with E-state index in [-0.39, 0.29) is 29.4 Å². The molecule has 0 radical (unpaired) electrons. The Labute approximate surface area is 181 Å². The number of aliphatic imine (C=N–C) groups is 1. The minimum absolute atomic E-state index is 0. The highest BCUT2D eigenvalue weighted by Crippen LogP contribution is 2.22. The summed E-state index contributed by atoms with van der Waals surface area (Å²) in [6, 6.07) is 9.47. The van der Waals surface area contributed by atoms with Crippen molar-refractivity contribution in [2.75, 3.05) is 18.8 Å². The molecule has 0 saturated heterocycles. The Hall–Kier alpha value is -1.42. The van der Waals surface area contributed by atoms with Crippen molar-refractivity contribution in [2.24, 2.45) is 4.99 Å². The summed E-state index contributed by atoms with van der Waals surface area (Å²) in [5.74, 6) is 2.61. The van der Waals surface area contributed by atoms with Crippen molar-refractivity contribution >= 4 is 40.7 Å². The average Bonchev–Trinajstić information content (AvgIpc) is 3.10. The number of hydrogen-bond acceptors (Lipinski definition) is 4. The maximum Gasteiger partial charge on any atom is 0.216 e. The van der Waals surface area contributed by atoms with Gasteiger partial charge in [0, 0.05) is 29.2 Å². The second-order valence-corrected chi connectivity index (χ2v) is 8.42. The standard InChI is InChI=1S/C19H28N4O2S.HI/c1-5-20-18(21-11-12-26(24)15-9-7-6-8-10-15)23-14-17-22-13-16(25-17)19(2,3)4;/h6-10,13H,5,11-12,14H2,1-4H3,(H2,20,21,23);1H. The molecule has 1 atom stereocenters. The first kappa shape index (κ1) is 23.6. The molecular weight excluding hydrogens is 475 g/mol. The van der Waals surface area contributed by atoms with Crippen molar-refractivity contribution in [3.63, 3.8) is 0 Å². The molecule has 8 heteroatoms. The molecule has 0 fully saturated rings. The van der Waals surface area contributed by atoms with Crippen LogP contribution in [0, 0.1) is 0 Å². The molecule has 150 valence electrons. The van der Waals surface area contributed by atoms with Crippen LogP contribution in [0.4, 0.5) is 0 Å². The van der Waals surface area contributed by atoms with Crippen LogP contribution in [0.25, 0.3) is 0 Å². The Balaban J connectivity index is 0.00000364. The van der Waals surface area contributed by atoms with Gasteiger partial charge in [-0.25, -0.2) is 9.98 Å². The van der Waals surface area contributed by atoms with Crippen LogP contribution in [0.2, 0.25) is 0 Å². The number of benzene rings is 1. The lowest BCUT2D eigenvalue weighted by atomic mass is 9.94. The lowest BCUT2D eigenvalue weighted by Crippen LogP contribution is -2.39. The van der Waals surface area contributed by atoms with Crippen LogP contribution in [-0.2, 0) is 22.8 Å². The highest BCUT2D eigenvalue weighted by molar-refractivity contribution is 14.0. The number of aromatic nitrogens is 1. The van der Waals surface area contributed by atoms with Crippen LogP contribution in [0.5, 0.6) is 0 Å². The van der Waals surface area contributed by atoms with Gasteiger partial charge in [-0.1, -0.05) is 39.0 Å². The molecule has 0 aliphatic heterocycles. The maximum absolute atomic E-state index is 12.2. The minimum Gasteiger partial charge on any atom is -0.443 e. The summed E-state index contributed by atoms with van der Waals surface area (Å²) in [6.07, 6.45) is 1.76. The fraction of sp³-hybridized carbons (Fsp3) is 0.474. The van der Waals surface area contributed by atoms with Gasteiger partial charge in [0.05, 0.1) is 17.0 Å². The zero-order valence-electron chi connectivity index (χ0n) is 16.3. The molecule has 2 rings (SSSR count). The molecule has 0 aliphatic carbocycles. The fourth-order valence-electron chi connectivity index (χ4n) is 2.17. The fourth-order valence-corrected chi connectivity index (χ4v) is 3.15. The molecule has 0 aliphatic rings. The summed E-state index contributed by atoms with van der Waals surface area (Å²) in [6.45, 7) is 9.91. The predicted octanol–water partition coefficient (Wildman–Crippen LogP) is 3.45. The molecule has 1 unspecified atom stereocenters. The Morgan fingerprint density at radius 1 is 1.22 bits per heavy atom. The number of oxazole rings is 1. The van der Waals surface area contributed by atoms with E-state index >= 15 is 0 Å². The highest BCUT2D eigenvalue weighted by Gasteiger charge is 2.19. The van der Waals surface area contributed by atoms with E-state index in [0.717, 1.165) is 17.2 Å². The van der Waals surface area contributed by atoms with Gasteiger partial charge in [0.1, 0.15) is 12.3 Å². The van der Waals surface area contributed by atoms with E-state index in [1.54, 1.807) is 6.20 Å². The number of nitrogens with one attached hydrogen (secondary N) is 2. The third-order valence-corrected chi connectivity index (χ3v) is 4.97. The van der Waals surface area contributed by atoms with Gasteiger partial charge in [0.15, 0.2) is 5.96 Å². The van der Waals surface area contributed by atoms with Crippen molar-refractivity contribution in [1.29, 1.82) is 0 Å². The van der Waals surface area contributed by atoms with Gasteiger partial charge in [0.2, 0.25) is 5.89 Å². The van der Waals surface area contributed by atoms with E-state index in [2.05, 4.69) is 41.4 Å². The predicted molar refractivity (Wildman–Crippen MR) is 121 cm³/mol. The molecule has 2 N–H and O–H groups in total. The third kappa shape index (κ3) is 8.00. The molecule has 27 heavy (non-hydrogen) atoms. The van der Waals surface area contributed by atoms with Gasteiger partial charge in [-0.15, -0.1) is 24.0 Å². The van der Waals surface area contributed by atoms with Crippen molar-refractivity contribution in [3.05, 3.63) is 48.2 Å². The number of nitrogens with zero attached hydrogens (tertiary/aromatic N) is 2. The Kier molecular flexibility index (Phi) is 10.00. The van der Waals surface area contributed by atoms with Crippen LogP contribution < -0.4 is 10.6 Å². The molecule has 2 aromatic rings. The lowest BCUT2D eigenvalue weighted by molar-refractivity contribution is 0.383. The lowest BCUT2D eigenvalue weighted by Gasteiger charge is -2.13. The van der Waals surface area contributed by atoms with E-state index in [1.165, 1.54) is 0 Å². The van der Waals surface area contributed by atoms with Crippen LogP contribution in [0.1, 0.15) is 39.3 Å². The van der Waals surface area contributed by atoms with Gasteiger partial charge in [-0.05, 0) is 19.1 Å². The number of halogens is 1. The normalized spacial score (nSPS) is 13.0. The molecule has 1 aromatic heterocycles. The van der Waals surface area contributed by atoms with Crippen molar-refractivity contribution in [2.45, 2.75) is 44.6 Å². The van der Waals surface area contributed by atoms with Crippen LogP contribution in [-0.4, -0.2) is 34.0 Å². The maximum atomic E-state index is 12.2. The molecule has 0 saturated carbocycles. The Morgan fingerprint density at radius 2 is 1.93 bits per heavy atom. The monoisotopic (exact) mass is 504 g/mol. The molecular formula is C19H29IN4O2S. The summed E-state index contributed by atoms with van der Waals surface area (Å²) < 4.78 is 18.0. The highest BCUT2D eigenvalue weighted by atomic mass is 127. The van der Waals surface area contributed by atoms with E-state index in [9.17, 15) is 4.21 Å². The second kappa shape index (κ2) is 11.4. The summed E-state index contributed by atoms with van der Waals surface area (Å²) >= 11 is 0. The Morgan fingerprint density at radius 3 is 2.52 bits per heavy atom. The van der Waals surface area contributed by atoms with Gasteiger partial charge in [0.25, 0.3) is 0 Å². The van der Waals surface area contributed by atoms with Crippen LogP contribution >= 0.6 is 24.0 Å². The minimum atomic E-state index is -1.03. The first-order valence-electron chi connectivity index (χ1n) is 8.81. The average molecular weight is 504 g/mol. The molecule has 1 heterocycles. The summed E-state index contributed by atoms with van der Waals surface area (Å²) in [7, 11) is -1.03. The van der Waals surface area contributed by atoms with Gasteiger partial charge < -0.3 is 15.1 Å². The van der Waals surface area contributed by atoms with E-state index in [4.69, 9.17) is 4.42 Å². The number of rotatable bonds is 7. The van der Waals surface area contributed by atoms with E-state index < -0.39 is 10.8 Å². The molecule has 0 bridgehead atoms. The van der Waals surface area contributed by atoms with Crippen molar-refractivity contribution in [3.8, 4) is 0 Å². The van der Waals surface area contributed by atoms with Crippen molar-refractivity contribution < 1.29 is 8.63 Å². The van der Waals surface area contributed by atoms with Crippen molar-refractivity contribution in [1.82, 2.24) is 15.6 Å². The summed E-state index contributed by atoms with van der Waals surface area (Å²) in [5.41, 5.74) is -0.0702. The molecule has 1 aromatic carbocycles. The van der Waals surface area contributed by atoms with E-state index in [0.29, 0.717) is 30.7 Å². The van der Waals surface area contributed by atoms with E-state index in [1.807, 2.05) is 37.3 Å². The number of hydrogen-bond donors (Lipinski definition) is 2. The van der Waals surface area contributed by atoms with Crippen LogP contribution in [0.15, 0.2) is 50.8 Å². The van der Waals surface area contributed by atoms with Crippen LogP contribution in [0.3, 0.4) is 0 Å². The molecule has 0 amide bonds. The summed E-state index contributed by atoms with van der Waals surface area (Å²) in [5, 5.41) is 6.38. The van der Waals surface area contributed by atoms with Gasteiger partial charge in [-0.3, -0.25) is 4.21 Å². The number of guanidine groups is 1. The molecule has 6 nitrogen and oxygen atoms in total. The zero-order valence-corrected chi connectivity index (χ0v) is 19.5. The topological polar surface area (TPSA) is 79.5 Å². The Bertz CT molecular complexity index is 742. The first-order valence-corrected chi connectivity index (χ1v) is 10.1. The third-order valence-electron chi connectivity index (χ3n) is 3.60. The largest absolute Gasteiger partial charge is 0.443 e. The van der Waals surface area contributed by atoms with Gasteiger partial charge in [-0.2, -0.15) is 0 Å². The summed E-state index contributed by atoms with van der Waals surface area (Å²) in [4.78, 5) is 9.61. The van der Waals surface area contributed by atoms with Gasteiger partial charge >= 0.3 is 0 Å². The smallest absolute Gasteiger partial charge is 0.216 e.